The molecule has 122 valence electrons. The third kappa shape index (κ3) is 5.10. The zero-order chi connectivity index (χ0) is 15.9. The van der Waals surface area contributed by atoms with E-state index < -0.39 is 0 Å². The van der Waals surface area contributed by atoms with Gasteiger partial charge in [-0.25, -0.2) is 0 Å². The van der Waals surface area contributed by atoms with Crippen LogP contribution in [0.25, 0.3) is 0 Å². The Balaban J connectivity index is 1.82. The zero-order valence-electron chi connectivity index (χ0n) is 13.6. The number of rotatable bonds is 6. The zero-order valence-corrected chi connectivity index (χ0v) is 15.2. The molecule has 4 heteroatoms. The van der Waals surface area contributed by atoms with Crippen LogP contribution in [-0.4, -0.2) is 18.5 Å². The molecule has 1 aromatic rings. The maximum atomic E-state index is 12.2. The molecule has 0 radical (unpaired) electrons. The van der Waals surface area contributed by atoms with Gasteiger partial charge in [0.05, 0.1) is 6.54 Å². The predicted molar refractivity (Wildman–Crippen MR) is 94.7 cm³/mol. The Morgan fingerprint density at radius 1 is 1.27 bits per heavy atom. The predicted octanol–water partition coefficient (Wildman–Crippen LogP) is 4.18. The molecule has 1 aliphatic carbocycles. The lowest BCUT2D eigenvalue weighted by Gasteiger charge is -2.29. The third-order valence-electron chi connectivity index (χ3n) is 4.65. The van der Waals surface area contributed by atoms with Gasteiger partial charge < -0.3 is 10.6 Å². The Morgan fingerprint density at radius 3 is 2.59 bits per heavy atom. The van der Waals surface area contributed by atoms with E-state index in [1.165, 1.54) is 24.8 Å². The lowest BCUT2D eigenvalue weighted by atomic mass is 9.86. The van der Waals surface area contributed by atoms with E-state index >= 15 is 0 Å². The van der Waals surface area contributed by atoms with Crippen LogP contribution >= 0.6 is 15.9 Å². The Kier molecular flexibility index (Phi) is 6.90. The summed E-state index contributed by atoms with van der Waals surface area (Å²) in [6, 6.07) is 8.88. The summed E-state index contributed by atoms with van der Waals surface area (Å²) in [5.41, 5.74) is 1.23. The van der Waals surface area contributed by atoms with Crippen LogP contribution in [0.1, 0.15) is 57.6 Å². The molecule has 1 saturated carbocycles. The summed E-state index contributed by atoms with van der Waals surface area (Å²) in [7, 11) is 0. The molecule has 0 bridgehead atoms. The van der Waals surface area contributed by atoms with Crippen LogP contribution in [0.4, 0.5) is 0 Å². The van der Waals surface area contributed by atoms with Gasteiger partial charge in [0.1, 0.15) is 0 Å². The first-order valence-corrected chi connectivity index (χ1v) is 9.17. The van der Waals surface area contributed by atoms with Gasteiger partial charge in [-0.05, 0) is 42.9 Å². The van der Waals surface area contributed by atoms with Gasteiger partial charge in [-0.1, -0.05) is 54.8 Å². The highest BCUT2D eigenvalue weighted by Crippen LogP contribution is 2.23. The molecule has 0 saturated heterocycles. The second-order valence-electron chi connectivity index (χ2n) is 6.33. The number of nitrogens with one attached hydrogen (secondary N) is 2. The highest BCUT2D eigenvalue weighted by Gasteiger charge is 2.22. The first-order chi connectivity index (χ1) is 10.6. The highest BCUT2D eigenvalue weighted by molar-refractivity contribution is 9.10. The molecule has 3 atom stereocenters. The van der Waals surface area contributed by atoms with Gasteiger partial charge in [-0.3, -0.25) is 4.79 Å². The fourth-order valence-corrected chi connectivity index (χ4v) is 3.46. The number of amides is 1. The molecular formula is C18H27BrN2O. The van der Waals surface area contributed by atoms with Crippen molar-refractivity contribution >= 4 is 21.8 Å². The van der Waals surface area contributed by atoms with Crippen LogP contribution < -0.4 is 10.6 Å². The number of benzene rings is 1. The SMILES string of the molecule is CC[C@H](NCC(=O)N[C@@H]1CCCC[C@@H]1C)c1ccc(Br)cc1. The number of hydrogen-bond acceptors (Lipinski definition) is 2. The van der Waals surface area contributed by atoms with Gasteiger partial charge in [0.15, 0.2) is 0 Å². The maximum absolute atomic E-state index is 12.2. The fraction of sp³-hybridized carbons (Fsp3) is 0.611. The van der Waals surface area contributed by atoms with Gasteiger partial charge in [-0.2, -0.15) is 0 Å². The molecule has 1 aromatic carbocycles. The molecule has 0 spiro atoms. The van der Waals surface area contributed by atoms with E-state index in [4.69, 9.17) is 0 Å². The van der Waals surface area contributed by atoms with Crippen molar-refractivity contribution in [3.8, 4) is 0 Å². The standard InChI is InChI=1S/C18H27BrN2O/c1-3-16(14-8-10-15(19)11-9-14)20-12-18(22)21-17-7-5-4-6-13(17)2/h8-11,13,16-17,20H,3-7,12H2,1-2H3,(H,21,22)/t13-,16-,17+/m0/s1. The summed E-state index contributed by atoms with van der Waals surface area (Å²) < 4.78 is 1.08. The quantitative estimate of drug-likeness (QED) is 0.792. The molecule has 1 amide bonds. The molecule has 0 aromatic heterocycles. The summed E-state index contributed by atoms with van der Waals surface area (Å²) in [6.07, 6.45) is 5.85. The van der Waals surface area contributed by atoms with E-state index in [0.717, 1.165) is 17.3 Å². The van der Waals surface area contributed by atoms with Crippen LogP contribution in [0.5, 0.6) is 0 Å². The third-order valence-corrected chi connectivity index (χ3v) is 5.18. The minimum Gasteiger partial charge on any atom is -0.352 e. The van der Waals surface area contributed by atoms with Crippen LogP contribution in [0.15, 0.2) is 28.7 Å². The second kappa shape index (κ2) is 8.68. The van der Waals surface area contributed by atoms with E-state index in [2.05, 4.69) is 52.5 Å². The lowest BCUT2D eigenvalue weighted by molar-refractivity contribution is -0.121. The van der Waals surface area contributed by atoms with Gasteiger partial charge in [-0.15, -0.1) is 0 Å². The molecule has 1 aliphatic rings. The number of carbonyl (C=O) groups is 1. The molecule has 0 unspecified atom stereocenters. The topological polar surface area (TPSA) is 41.1 Å². The van der Waals surface area contributed by atoms with Crippen molar-refractivity contribution in [1.82, 2.24) is 10.6 Å². The summed E-state index contributed by atoms with van der Waals surface area (Å²) >= 11 is 3.46. The molecule has 2 N–H and O–H groups in total. The summed E-state index contributed by atoms with van der Waals surface area (Å²) in [6.45, 7) is 4.77. The van der Waals surface area contributed by atoms with Crippen molar-refractivity contribution in [3.05, 3.63) is 34.3 Å². The first kappa shape index (κ1) is 17.5. The van der Waals surface area contributed by atoms with Crippen molar-refractivity contribution in [2.24, 2.45) is 5.92 Å². The molecule has 0 heterocycles. The van der Waals surface area contributed by atoms with Gasteiger partial charge >= 0.3 is 0 Å². The van der Waals surface area contributed by atoms with Crippen LogP contribution in [0, 0.1) is 5.92 Å². The van der Waals surface area contributed by atoms with Crippen LogP contribution in [0.3, 0.4) is 0 Å². The van der Waals surface area contributed by atoms with Crippen molar-refractivity contribution < 1.29 is 4.79 Å². The molecule has 3 nitrogen and oxygen atoms in total. The fourth-order valence-electron chi connectivity index (χ4n) is 3.20. The Morgan fingerprint density at radius 2 is 1.95 bits per heavy atom. The number of halogens is 1. The van der Waals surface area contributed by atoms with Gasteiger partial charge in [0.25, 0.3) is 0 Å². The van der Waals surface area contributed by atoms with Crippen molar-refractivity contribution in [2.45, 2.75) is 58.0 Å². The first-order valence-electron chi connectivity index (χ1n) is 8.38. The maximum Gasteiger partial charge on any atom is 0.234 e. The van der Waals surface area contributed by atoms with Gasteiger partial charge in [0, 0.05) is 16.6 Å². The number of hydrogen-bond donors (Lipinski definition) is 2. The van der Waals surface area contributed by atoms with Crippen molar-refractivity contribution in [2.75, 3.05) is 6.54 Å². The molecule has 1 fully saturated rings. The molecular weight excluding hydrogens is 340 g/mol. The van der Waals surface area contributed by atoms with Gasteiger partial charge in [0.2, 0.25) is 5.91 Å². The van der Waals surface area contributed by atoms with Crippen molar-refractivity contribution in [3.63, 3.8) is 0 Å². The lowest BCUT2D eigenvalue weighted by Crippen LogP contribution is -2.45. The summed E-state index contributed by atoms with van der Waals surface area (Å²) in [5.74, 6) is 0.723. The average Bonchev–Trinajstić information content (AvgIpc) is 2.52. The van der Waals surface area contributed by atoms with E-state index in [1.54, 1.807) is 0 Å². The monoisotopic (exact) mass is 366 g/mol. The highest BCUT2D eigenvalue weighted by atomic mass is 79.9. The summed E-state index contributed by atoms with van der Waals surface area (Å²) in [5, 5.41) is 6.58. The van der Waals surface area contributed by atoms with Crippen LogP contribution in [0.2, 0.25) is 0 Å². The normalized spacial score (nSPS) is 23.0. The number of carbonyl (C=O) groups excluding carboxylic acids is 1. The average molecular weight is 367 g/mol. The summed E-state index contributed by atoms with van der Waals surface area (Å²) in [4.78, 5) is 12.2. The molecule has 0 aliphatic heterocycles. The second-order valence-corrected chi connectivity index (χ2v) is 7.24. The van der Waals surface area contributed by atoms with E-state index in [1.807, 2.05) is 12.1 Å². The van der Waals surface area contributed by atoms with Crippen LogP contribution in [-0.2, 0) is 4.79 Å². The van der Waals surface area contributed by atoms with E-state index in [-0.39, 0.29) is 11.9 Å². The van der Waals surface area contributed by atoms with E-state index in [9.17, 15) is 4.79 Å². The minimum absolute atomic E-state index is 0.120. The largest absolute Gasteiger partial charge is 0.352 e. The Labute approximate surface area is 142 Å². The Bertz CT molecular complexity index is 474. The molecule has 22 heavy (non-hydrogen) atoms. The van der Waals surface area contributed by atoms with Crippen molar-refractivity contribution in [1.29, 1.82) is 0 Å². The van der Waals surface area contributed by atoms with E-state index in [0.29, 0.717) is 18.5 Å². The minimum atomic E-state index is 0.120. The Hall–Kier alpha value is -0.870. The smallest absolute Gasteiger partial charge is 0.234 e. The molecule has 2 rings (SSSR count).